The van der Waals surface area contributed by atoms with Gasteiger partial charge in [-0.3, -0.25) is 0 Å². The van der Waals surface area contributed by atoms with E-state index in [0.29, 0.717) is 4.83 Å². The Kier molecular flexibility index (Phi) is 4.57. The van der Waals surface area contributed by atoms with Crippen molar-refractivity contribution in [2.24, 2.45) is 0 Å². The molecule has 2 heteroatoms. The van der Waals surface area contributed by atoms with Crippen LogP contribution in [0.3, 0.4) is 0 Å². The summed E-state index contributed by atoms with van der Waals surface area (Å²) in [5, 5.41) is 2.67. The summed E-state index contributed by atoms with van der Waals surface area (Å²) in [6.45, 7) is 0.806. The number of ether oxygens (including phenoxy) is 1. The molecule has 0 radical (unpaired) electrons. The highest BCUT2D eigenvalue weighted by atomic mass is 79.9. The van der Waals surface area contributed by atoms with Crippen LogP contribution in [0.2, 0.25) is 0 Å². The Morgan fingerprint density at radius 1 is 1.12 bits per heavy atom. The van der Waals surface area contributed by atoms with Crippen molar-refractivity contribution in [2.45, 2.75) is 17.7 Å². The molecule has 0 aromatic heterocycles. The van der Waals surface area contributed by atoms with E-state index in [1.165, 1.54) is 16.3 Å². The molecule has 1 atom stereocenters. The van der Waals surface area contributed by atoms with Crippen molar-refractivity contribution in [3.63, 3.8) is 0 Å². The molecule has 0 amide bonds. The Balaban J connectivity index is 2.18. The smallest absolute Gasteiger partial charge is 0.0473 e. The molecular formula is C15H17BrO. The number of benzene rings is 2. The maximum absolute atomic E-state index is 5.11. The number of rotatable bonds is 5. The molecule has 1 nitrogen and oxygen atoms in total. The molecule has 0 saturated heterocycles. The number of fused-ring (bicyclic) bond motifs is 1. The van der Waals surface area contributed by atoms with Crippen LogP contribution in [0.15, 0.2) is 42.5 Å². The highest BCUT2D eigenvalue weighted by Gasteiger charge is 2.07. The van der Waals surface area contributed by atoms with Crippen molar-refractivity contribution >= 4 is 26.7 Å². The largest absolute Gasteiger partial charge is 0.385 e. The molecule has 2 aromatic rings. The lowest BCUT2D eigenvalue weighted by atomic mass is 10.0. The van der Waals surface area contributed by atoms with Gasteiger partial charge in [0.25, 0.3) is 0 Å². The zero-order chi connectivity index (χ0) is 12.1. The number of methoxy groups -OCH3 is 1. The van der Waals surface area contributed by atoms with Gasteiger partial charge in [0, 0.05) is 18.5 Å². The van der Waals surface area contributed by atoms with Gasteiger partial charge < -0.3 is 4.74 Å². The van der Waals surface area contributed by atoms with E-state index in [1.54, 1.807) is 7.11 Å². The summed E-state index contributed by atoms with van der Waals surface area (Å²) in [6, 6.07) is 15.1. The summed E-state index contributed by atoms with van der Waals surface area (Å²) < 4.78 is 5.11. The molecule has 2 aromatic carbocycles. The highest BCUT2D eigenvalue weighted by molar-refractivity contribution is 9.09. The molecule has 1 unspecified atom stereocenters. The Hall–Kier alpha value is -0.860. The molecule has 0 heterocycles. The number of alkyl halides is 1. The van der Waals surface area contributed by atoms with Crippen LogP contribution >= 0.6 is 15.9 Å². The average Bonchev–Trinajstić information content (AvgIpc) is 2.37. The van der Waals surface area contributed by atoms with Crippen LogP contribution < -0.4 is 0 Å². The zero-order valence-electron chi connectivity index (χ0n) is 10.0. The van der Waals surface area contributed by atoms with E-state index in [2.05, 4.69) is 58.4 Å². The van der Waals surface area contributed by atoms with Crippen LogP contribution in [0.4, 0.5) is 0 Å². The lowest BCUT2D eigenvalue weighted by Gasteiger charge is -2.11. The second-order valence-electron chi connectivity index (χ2n) is 4.22. The molecule has 0 spiro atoms. The second kappa shape index (κ2) is 6.18. The van der Waals surface area contributed by atoms with Gasteiger partial charge in [0.2, 0.25) is 0 Å². The molecule has 0 aliphatic heterocycles. The fraction of sp³-hybridized carbons (Fsp3) is 0.333. The molecule has 0 bridgehead atoms. The van der Waals surface area contributed by atoms with Crippen LogP contribution in [0, 0.1) is 0 Å². The van der Waals surface area contributed by atoms with Gasteiger partial charge in [0.1, 0.15) is 0 Å². The monoisotopic (exact) mass is 292 g/mol. The first-order valence-corrected chi connectivity index (χ1v) is 6.82. The molecule has 0 N–H and O–H groups in total. The van der Waals surface area contributed by atoms with E-state index in [4.69, 9.17) is 4.74 Å². The minimum Gasteiger partial charge on any atom is -0.385 e. The van der Waals surface area contributed by atoms with Gasteiger partial charge in [-0.25, -0.2) is 0 Å². The number of hydrogen-bond acceptors (Lipinski definition) is 1. The molecule has 0 saturated carbocycles. The summed E-state index contributed by atoms with van der Waals surface area (Å²) in [6.07, 6.45) is 2.09. The quantitative estimate of drug-likeness (QED) is 0.751. The highest BCUT2D eigenvalue weighted by Crippen LogP contribution is 2.22. The Morgan fingerprint density at radius 2 is 1.88 bits per heavy atom. The molecule has 0 fully saturated rings. The van der Waals surface area contributed by atoms with Crippen molar-refractivity contribution in [3.05, 3.63) is 48.0 Å². The van der Waals surface area contributed by atoms with E-state index in [1.807, 2.05) is 0 Å². The van der Waals surface area contributed by atoms with Crippen LogP contribution in [0.1, 0.15) is 12.0 Å². The summed E-state index contributed by atoms with van der Waals surface area (Å²) in [5.41, 5.74) is 1.40. The minimum absolute atomic E-state index is 0.480. The zero-order valence-corrected chi connectivity index (χ0v) is 11.6. The third-order valence-corrected chi connectivity index (χ3v) is 3.74. The second-order valence-corrected chi connectivity index (χ2v) is 5.52. The maximum atomic E-state index is 5.11. The van der Waals surface area contributed by atoms with Gasteiger partial charge in [-0.05, 0) is 29.2 Å². The summed E-state index contributed by atoms with van der Waals surface area (Å²) in [7, 11) is 1.75. The molecule has 0 aliphatic carbocycles. The summed E-state index contributed by atoms with van der Waals surface area (Å²) in [4.78, 5) is 0.480. The standard InChI is InChI=1S/C15H17BrO/c1-17-10-9-14(16)11-13-7-4-6-12-5-2-3-8-15(12)13/h2-8,14H,9-11H2,1H3. The molecule has 17 heavy (non-hydrogen) atoms. The molecule has 0 aliphatic rings. The van der Waals surface area contributed by atoms with E-state index in [0.717, 1.165) is 19.4 Å². The minimum atomic E-state index is 0.480. The lowest BCUT2D eigenvalue weighted by molar-refractivity contribution is 0.194. The van der Waals surface area contributed by atoms with Crippen molar-refractivity contribution in [1.29, 1.82) is 0 Å². The Morgan fingerprint density at radius 3 is 2.71 bits per heavy atom. The van der Waals surface area contributed by atoms with Gasteiger partial charge >= 0.3 is 0 Å². The first-order valence-electron chi connectivity index (χ1n) is 5.91. The molecule has 90 valence electrons. The predicted octanol–water partition coefficient (Wildman–Crippen LogP) is 4.18. The van der Waals surface area contributed by atoms with Crippen LogP contribution in [0.25, 0.3) is 10.8 Å². The van der Waals surface area contributed by atoms with Gasteiger partial charge in [-0.15, -0.1) is 0 Å². The van der Waals surface area contributed by atoms with Crippen LogP contribution in [0.5, 0.6) is 0 Å². The van der Waals surface area contributed by atoms with E-state index in [9.17, 15) is 0 Å². The van der Waals surface area contributed by atoms with Crippen molar-refractivity contribution in [2.75, 3.05) is 13.7 Å². The van der Waals surface area contributed by atoms with Crippen molar-refractivity contribution < 1.29 is 4.74 Å². The Bertz CT molecular complexity index is 476. The lowest BCUT2D eigenvalue weighted by Crippen LogP contribution is -2.06. The fourth-order valence-corrected chi connectivity index (χ4v) is 2.59. The van der Waals surface area contributed by atoms with Crippen molar-refractivity contribution in [3.8, 4) is 0 Å². The van der Waals surface area contributed by atoms with Gasteiger partial charge in [0.05, 0.1) is 0 Å². The van der Waals surface area contributed by atoms with Crippen LogP contribution in [-0.4, -0.2) is 18.5 Å². The number of halogens is 1. The van der Waals surface area contributed by atoms with E-state index >= 15 is 0 Å². The third-order valence-electron chi connectivity index (χ3n) is 2.96. The first-order chi connectivity index (χ1) is 8.31. The van der Waals surface area contributed by atoms with E-state index < -0.39 is 0 Å². The third kappa shape index (κ3) is 3.30. The van der Waals surface area contributed by atoms with Gasteiger partial charge in [-0.2, -0.15) is 0 Å². The molecular weight excluding hydrogens is 276 g/mol. The normalized spacial score (nSPS) is 12.8. The summed E-state index contributed by atoms with van der Waals surface area (Å²) >= 11 is 3.72. The fourth-order valence-electron chi connectivity index (χ4n) is 2.06. The first kappa shape index (κ1) is 12.6. The predicted molar refractivity (Wildman–Crippen MR) is 76.9 cm³/mol. The Labute approximate surface area is 111 Å². The van der Waals surface area contributed by atoms with Crippen molar-refractivity contribution in [1.82, 2.24) is 0 Å². The van der Waals surface area contributed by atoms with Gasteiger partial charge in [0.15, 0.2) is 0 Å². The van der Waals surface area contributed by atoms with Gasteiger partial charge in [-0.1, -0.05) is 58.4 Å². The average molecular weight is 293 g/mol. The molecule has 2 rings (SSSR count). The maximum Gasteiger partial charge on any atom is 0.0473 e. The number of hydrogen-bond donors (Lipinski definition) is 0. The van der Waals surface area contributed by atoms with E-state index in [-0.39, 0.29) is 0 Å². The van der Waals surface area contributed by atoms with Crippen LogP contribution in [-0.2, 0) is 11.2 Å². The summed E-state index contributed by atoms with van der Waals surface area (Å²) in [5.74, 6) is 0. The topological polar surface area (TPSA) is 9.23 Å². The SMILES string of the molecule is COCCC(Br)Cc1cccc2ccccc12.